The van der Waals surface area contributed by atoms with Crippen LogP contribution in [0.3, 0.4) is 0 Å². The first-order valence-corrected chi connectivity index (χ1v) is 3.94. The monoisotopic (exact) mass is 212 g/mol. The summed E-state index contributed by atoms with van der Waals surface area (Å²) in [5.74, 6) is -1.18. The highest BCUT2D eigenvalue weighted by Gasteiger charge is 2.18. The molecule has 1 N–H and O–H groups in total. The molecule has 0 spiro atoms. The number of carboxylic acid groups (broad SMARTS) is 1. The number of carbonyl (C=O) groups is 1. The van der Waals surface area contributed by atoms with Crippen LogP contribution in [0.2, 0.25) is 0 Å². The maximum Gasteiger partial charge on any atom is 0.307 e. The number of alkyl halides is 2. The van der Waals surface area contributed by atoms with Gasteiger partial charge >= 0.3 is 5.97 Å². The Bertz CT molecular complexity index is 427. The van der Waals surface area contributed by atoms with Gasteiger partial charge in [-0.3, -0.25) is 9.78 Å². The van der Waals surface area contributed by atoms with E-state index in [2.05, 4.69) is 4.98 Å². The van der Waals surface area contributed by atoms with Gasteiger partial charge in [-0.2, -0.15) is 5.26 Å². The van der Waals surface area contributed by atoms with Gasteiger partial charge in [0.2, 0.25) is 0 Å². The van der Waals surface area contributed by atoms with E-state index in [1.54, 1.807) is 6.07 Å². The zero-order chi connectivity index (χ0) is 11.4. The number of aliphatic carboxylic acids is 1. The highest BCUT2D eigenvalue weighted by atomic mass is 19.3. The summed E-state index contributed by atoms with van der Waals surface area (Å²) in [6, 6.07) is 2.79. The Morgan fingerprint density at radius 3 is 2.80 bits per heavy atom. The second kappa shape index (κ2) is 4.46. The summed E-state index contributed by atoms with van der Waals surface area (Å²) in [5, 5.41) is 17.1. The van der Waals surface area contributed by atoms with Crippen molar-refractivity contribution in [2.45, 2.75) is 12.8 Å². The van der Waals surface area contributed by atoms with E-state index in [1.807, 2.05) is 0 Å². The van der Waals surface area contributed by atoms with E-state index in [0.29, 0.717) is 0 Å². The maximum absolute atomic E-state index is 12.4. The number of pyridine rings is 1. The largest absolute Gasteiger partial charge is 0.481 e. The Balaban J connectivity index is 3.23. The van der Waals surface area contributed by atoms with E-state index in [0.717, 1.165) is 6.20 Å². The van der Waals surface area contributed by atoms with E-state index in [4.69, 9.17) is 10.4 Å². The molecule has 0 bridgehead atoms. The van der Waals surface area contributed by atoms with E-state index in [-0.39, 0.29) is 11.1 Å². The van der Waals surface area contributed by atoms with Gasteiger partial charge in [0, 0.05) is 6.20 Å². The predicted molar refractivity (Wildman–Crippen MR) is 45.2 cm³/mol. The number of carboxylic acids is 1. The lowest BCUT2D eigenvalue weighted by molar-refractivity contribution is -0.136. The number of nitriles is 1. The number of halogens is 2. The normalized spacial score (nSPS) is 10.0. The van der Waals surface area contributed by atoms with Crippen LogP contribution < -0.4 is 0 Å². The summed E-state index contributed by atoms with van der Waals surface area (Å²) in [6.07, 6.45) is -2.28. The van der Waals surface area contributed by atoms with Crippen molar-refractivity contribution in [2.75, 3.05) is 0 Å². The quantitative estimate of drug-likeness (QED) is 0.824. The summed E-state index contributed by atoms with van der Waals surface area (Å²) >= 11 is 0. The summed E-state index contributed by atoms with van der Waals surface area (Å²) < 4.78 is 24.7. The smallest absolute Gasteiger partial charge is 0.307 e. The number of nitrogens with zero attached hydrogens (tertiary/aromatic N) is 2. The SMILES string of the molecule is N#Cc1c(CC(=O)O)ccnc1C(F)F. The highest BCUT2D eigenvalue weighted by Crippen LogP contribution is 2.22. The van der Waals surface area contributed by atoms with Gasteiger partial charge in [-0.05, 0) is 11.6 Å². The van der Waals surface area contributed by atoms with Gasteiger partial charge < -0.3 is 5.11 Å². The molecule has 0 unspecified atom stereocenters. The maximum atomic E-state index is 12.4. The third kappa shape index (κ3) is 2.47. The van der Waals surface area contributed by atoms with Gasteiger partial charge in [0.1, 0.15) is 11.8 Å². The molecule has 0 aromatic carbocycles. The molecule has 1 rings (SSSR count). The molecule has 0 fully saturated rings. The van der Waals surface area contributed by atoms with Crippen molar-refractivity contribution < 1.29 is 18.7 Å². The van der Waals surface area contributed by atoms with Crippen LogP contribution in [0.25, 0.3) is 0 Å². The lowest BCUT2D eigenvalue weighted by Crippen LogP contribution is -2.06. The van der Waals surface area contributed by atoms with Crippen molar-refractivity contribution in [2.24, 2.45) is 0 Å². The van der Waals surface area contributed by atoms with E-state index >= 15 is 0 Å². The Morgan fingerprint density at radius 1 is 1.67 bits per heavy atom. The van der Waals surface area contributed by atoms with Crippen LogP contribution >= 0.6 is 0 Å². The zero-order valence-electron chi connectivity index (χ0n) is 7.44. The predicted octanol–water partition coefficient (Wildman–Crippen LogP) is 1.52. The Morgan fingerprint density at radius 2 is 2.33 bits per heavy atom. The van der Waals surface area contributed by atoms with Gasteiger partial charge in [0.25, 0.3) is 6.43 Å². The average molecular weight is 212 g/mol. The van der Waals surface area contributed by atoms with E-state index in [9.17, 15) is 13.6 Å². The molecule has 1 aromatic heterocycles. The van der Waals surface area contributed by atoms with Crippen molar-refractivity contribution in [3.05, 3.63) is 29.1 Å². The van der Waals surface area contributed by atoms with Crippen LogP contribution in [-0.4, -0.2) is 16.1 Å². The fraction of sp³-hybridized carbons (Fsp3) is 0.222. The van der Waals surface area contributed by atoms with Crippen molar-refractivity contribution in [1.29, 1.82) is 5.26 Å². The third-order valence-electron chi connectivity index (χ3n) is 1.73. The summed E-state index contributed by atoms with van der Waals surface area (Å²) in [5.41, 5.74) is -0.971. The molecule has 0 saturated heterocycles. The highest BCUT2D eigenvalue weighted by molar-refractivity contribution is 5.71. The van der Waals surface area contributed by atoms with Gasteiger partial charge in [0.05, 0.1) is 12.0 Å². The third-order valence-corrected chi connectivity index (χ3v) is 1.73. The minimum Gasteiger partial charge on any atom is -0.481 e. The molecule has 1 heterocycles. The van der Waals surface area contributed by atoms with Crippen LogP contribution in [0.1, 0.15) is 23.2 Å². The molecule has 6 heteroatoms. The molecule has 0 atom stereocenters. The molecule has 0 amide bonds. The minimum absolute atomic E-state index is 0.0512. The second-order valence-corrected chi connectivity index (χ2v) is 2.71. The van der Waals surface area contributed by atoms with Crippen molar-refractivity contribution in [3.63, 3.8) is 0 Å². The Hall–Kier alpha value is -2.03. The first-order chi connectivity index (χ1) is 7.06. The zero-order valence-corrected chi connectivity index (χ0v) is 7.44. The average Bonchev–Trinajstić information content (AvgIpc) is 2.16. The molecule has 1 aromatic rings. The molecule has 0 aliphatic rings. The molecule has 0 aliphatic heterocycles. The first kappa shape index (κ1) is 11.0. The van der Waals surface area contributed by atoms with Crippen LogP contribution in [0.5, 0.6) is 0 Å². The lowest BCUT2D eigenvalue weighted by Gasteiger charge is -2.05. The minimum atomic E-state index is -2.88. The molecule has 78 valence electrons. The fourth-order valence-electron chi connectivity index (χ4n) is 1.12. The lowest BCUT2D eigenvalue weighted by atomic mass is 10.1. The molecule has 15 heavy (non-hydrogen) atoms. The molecular formula is C9H6F2N2O2. The second-order valence-electron chi connectivity index (χ2n) is 2.71. The first-order valence-electron chi connectivity index (χ1n) is 3.94. The van der Waals surface area contributed by atoms with Gasteiger partial charge in [0.15, 0.2) is 0 Å². The molecule has 0 aliphatic carbocycles. The Labute approximate surface area is 83.8 Å². The molecule has 4 nitrogen and oxygen atoms in total. The van der Waals surface area contributed by atoms with Crippen LogP contribution in [0, 0.1) is 11.3 Å². The number of hydrogen-bond acceptors (Lipinski definition) is 3. The topological polar surface area (TPSA) is 74.0 Å². The van der Waals surface area contributed by atoms with Gasteiger partial charge in [-0.15, -0.1) is 0 Å². The summed E-state index contributed by atoms with van der Waals surface area (Å²) in [4.78, 5) is 13.8. The van der Waals surface area contributed by atoms with Gasteiger partial charge in [-0.25, -0.2) is 8.78 Å². The molecule has 0 radical (unpaired) electrons. The molecular weight excluding hydrogens is 206 g/mol. The van der Waals surface area contributed by atoms with Crippen molar-refractivity contribution >= 4 is 5.97 Å². The van der Waals surface area contributed by atoms with Gasteiger partial charge in [-0.1, -0.05) is 0 Å². The molecule has 0 saturated carbocycles. The summed E-state index contributed by atoms with van der Waals surface area (Å²) in [7, 11) is 0. The number of rotatable bonds is 3. The van der Waals surface area contributed by atoms with Crippen LogP contribution in [0.15, 0.2) is 12.3 Å². The standard InChI is InChI=1S/C9H6F2N2O2/c10-9(11)8-6(4-12)5(1-2-13-8)3-7(14)15/h1-2,9H,3H2,(H,14,15). The number of hydrogen-bond donors (Lipinski definition) is 1. The van der Waals surface area contributed by atoms with Crippen LogP contribution in [-0.2, 0) is 11.2 Å². The van der Waals surface area contributed by atoms with E-state index < -0.39 is 24.5 Å². The fourth-order valence-corrected chi connectivity index (χ4v) is 1.12. The summed E-state index contributed by atoms with van der Waals surface area (Å²) in [6.45, 7) is 0. The number of aromatic nitrogens is 1. The van der Waals surface area contributed by atoms with Crippen molar-refractivity contribution in [3.8, 4) is 6.07 Å². The van der Waals surface area contributed by atoms with Crippen LogP contribution in [0.4, 0.5) is 8.78 Å². The van der Waals surface area contributed by atoms with Crippen molar-refractivity contribution in [1.82, 2.24) is 4.98 Å². The van der Waals surface area contributed by atoms with E-state index in [1.165, 1.54) is 6.07 Å². The Kier molecular flexibility index (Phi) is 3.29.